The Morgan fingerprint density at radius 3 is 2.57 bits per heavy atom. The molecular formula is C15H16N2O2S2. The number of fused-ring (bicyclic) bond motifs is 1. The summed E-state index contributed by atoms with van der Waals surface area (Å²) in [6.07, 6.45) is 0. The van der Waals surface area contributed by atoms with E-state index in [2.05, 4.69) is 29.6 Å². The van der Waals surface area contributed by atoms with Gasteiger partial charge in [-0.05, 0) is 29.3 Å². The number of primary sulfonamides is 1. The van der Waals surface area contributed by atoms with Crippen molar-refractivity contribution in [3.05, 3.63) is 59.7 Å². The van der Waals surface area contributed by atoms with Crippen molar-refractivity contribution in [1.29, 1.82) is 0 Å². The first-order valence-electron chi connectivity index (χ1n) is 6.61. The van der Waals surface area contributed by atoms with E-state index in [1.807, 2.05) is 11.8 Å². The van der Waals surface area contributed by atoms with E-state index >= 15 is 0 Å². The molecule has 0 saturated heterocycles. The molecule has 1 aliphatic heterocycles. The lowest BCUT2D eigenvalue weighted by atomic mass is 10.1. The number of benzene rings is 2. The zero-order chi connectivity index (χ0) is 14.9. The van der Waals surface area contributed by atoms with Crippen LogP contribution in [0.2, 0.25) is 0 Å². The van der Waals surface area contributed by atoms with Gasteiger partial charge in [-0.1, -0.05) is 30.3 Å². The van der Waals surface area contributed by atoms with Crippen LogP contribution in [0.1, 0.15) is 17.2 Å². The van der Waals surface area contributed by atoms with Crippen molar-refractivity contribution < 1.29 is 8.42 Å². The molecule has 2 aromatic carbocycles. The molecule has 0 amide bonds. The second-order valence-corrected chi connectivity index (χ2v) is 7.59. The summed E-state index contributed by atoms with van der Waals surface area (Å²) in [5, 5.41) is 8.60. The average molecular weight is 320 g/mol. The van der Waals surface area contributed by atoms with Gasteiger partial charge in [0.05, 0.1) is 4.90 Å². The predicted molar refractivity (Wildman–Crippen MR) is 84.6 cm³/mol. The molecule has 1 unspecified atom stereocenters. The van der Waals surface area contributed by atoms with Gasteiger partial charge in [0.25, 0.3) is 0 Å². The summed E-state index contributed by atoms with van der Waals surface area (Å²) in [5.41, 5.74) is 2.38. The van der Waals surface area contributed by atoms with E-state index in [9.17, 15) is 8.42 Å². The molecule has 21 heavy (non-hydrogen) atoms. The van der Waals surface area contributed by atoms with Gasteiger partial charge in [0, 0.05) is 23.2 Å². The van der Waals surface area contributed by atoms with E-state index in [0.717, 1.165) is 11.3 Å². The molecule has 110 valence electrons. The lowest BCUT2D eigenvalue weighted by Crippen LogP contribution is -2.20. The highest BCUT2D eigenvalue weighted by Gasteiger charge is 2.21. The molecule has 1 aliphatic rings. The van der Waals surface area contributed by atoms with E-state index in [1.54, 1.807) is 24.3 Å². The molecule has 0 fully saturated rings. The Morgan fingerprint density at radius 2 is 1.86 bits per heavy atom. The molecule has 6 heteroatoms. The third-order valence-electron chi connectivity index (χ3n) is 3.50. The number of thioether (sulfide) groups is 1. The third kappa shape index (κ3) is 3.29. The molecule has 2 aromatic rings. The molecule has 3 rings (SSSR count). The van der Waals surface area contributed by atoms with Crippen LogP contribution in [0.15, 0.2) is 58.3 Å². The average Bonchev–Trinajstić information content (AvgIpc) is 2.88. The fourth-order valence-corrected chi connectivity index (χ4v) is 4.08. The van der Waals surface area contributed by atoms with Crippen molar-refractivity contribution in [2.75, 3.05) is 5.75 Å². The van der Waals surface area contributed by atoms with Gasteiger partial charge in [-0.3, -0.25) is 0 Å². The summed E-state index contributed by atoms with van der Waals surface area (Å²) in [7, 11) is -3.61. The second-order valence-electron chi connectivity index (χ2n) is 4.97. The topological polar surface area (TPSA) is 72.2 Å². The van der Waals surface area contributed by atoms with Crippen molar-refractivity contribution in [3.63, 3.8) is 0 Å². The second kappa shape index (κ2) is 5.81. The molecule has 1 atom stereocenters. The zero-order valence-corrected chi connectivity index (χ0v) is 13.0. The first kappa shape index (κ1) is 14.6. The molecule has 0 aliphatic carbocycles. The lowest BCUT2D eigenvalue weighted by molar-refractivity contribution is 0.583. The van der Waals surface area contributed by atoms with Gasteiger partial charge < -0.3 is 5.32 Å². The predicted octanol–water partition coefficient (Wildman–Crippen LogP) is 2.27. The normalized spacial score (nSPS) is 17.7. The summed E-state index contributed by atoms with van der Waals surface area (Å²) in [5.74, 6) is 1.02. The van der Waals surface area contributed by atoms with Crippen molar-refractivity contribution in [2.45, 2.75) is 22.4 Å². The van der Waals surface area contributed by atoms with Crippen LogP contribution in [0.4, 0.5) is 0 Å². The van der Waals surface area contributed by atoms with E-state index in [1.165, 1.54) is 10.5 Å². The quantitative estimate of drug-likeness (QED) is 0.906. The van der Waals surface area contributed by atoms with Crippen LogP contribution >= 0.6 is 11.8 Å². The molecule has 3 N–H and O–H groups in total. The molecule has 0 aromatic heterocycles. The summed E-state index contributed by atoms with van der Waals surface area (Å²) < 4.78 is 22.4. The molecule has 0 radical (unpaired) electrons. The van der Waals surface area contributed by atoms with Gasteiger partial charge in [-0.2, -0.15) is 0 Å². The van der Waals surface area contributed by atoms with Crippen molar-refractivity contribution in [1.82, 2.24) is 5.32 Å². The number of rotatable bonds is 4. The van der Waals surface area contributed by atoms with Crippen LogP contribution in [0, 0.1) is 0 Å². The standard InChI is InChI=1S/C15H16N2O2S2/c16-21(18,19)12-7-5-11(6-8-12)9-17-14-10-20-15-4-2-1-3-13(14)15/h1-8,14,17H,9-10H2,(H2,16,18,19). The maximum Gasteiger partial charge on any atom is 0.238 e. The van der Waals surface area contributed by atoms with Crippen LogP contribution in [0.3, 0.4) is 0 Å². The fourth-order valence-electron chi connectivity index (χ4n) is 2.37. The van der Waals surface area contributed by atoms with Gasteiger partial charge in [0.2, 0.25) is 10.0 Å². The smallest absolute Gasteiger partial charge is 0.238 e. The summed E-state index contributed by atoms with van der Waals surface area (Å²) in [6, 6.07) is 15.4. The minimum absolute atomic E-state index is 0.146. The molecule has 4 nitrogen and oxygen atoms in total. The van der Waals surface area contributed by atoms with Gasteiger partial charge in [-0.25, -0.2) is 13.6 Å². The minimum atomic E-state index is -3.61. The Kier molecular flexibility index (Phi) is 4.03. The highest BCUT2D eigenvalue weighted by Crippen LogP contribution is 2.37. The highest BCUT2D eigenvalue weighted by atomic mass is 32.2. The van der Waals surface area contributed by atoms with Crippen LogP contribution in [-0.2, 0) is 16.6 Å². The Hall–Kier alpha value is -1.34. The van der Waals surface area contributed by atoms with Crippen LogP contribution < -0.4 is 10.5 Å². The monoisotopic (exact) mass is 320 g/mol. The maximum atomic E-state index is 11.2. The first-order chi connectivity index (χ1) is 10.0. The maximum absolute atomic E-state index is 11.2. The Morgan fingerprint density at radius 1 is 1.14 bits per heavy atom. The van der Waals surface area contributed by atoms with Gasteiger partial charge in [0.1, 0.15) is 0 Å². The highest BCUT2D eigenvalue weighted by molar-refractivity contribution is 7.99. The number of hydrogen-bond acceptors (Lipinski definition) is 4. The number of nitrogens with two attached hydrogens (primary N) is 1. The van der Waals surface area contributed by atoms with E-state index in [0.29, 0.717) is 12.6 Å². The Balaban J connectivity index is 1.67. The third-order valence-corrected chi connectivity index (χ3v) is 5.62. The first-order valence-corrected chi connectivity index (χ1v) is 9.14. The zero-order valence-electron chi connectivity index (χ0n) is 11.3. The minimum Gasteiger partial charge on any atom is -0.305 e. The molecule has 0 bridgehead atoms. The molecule has 1 heterocycles. The van der Waals surface area contributed by atoms with Crippen LogP contribution in [0.25, 0.3) is 0 Å². The Bertz CT molecular complexity index is 743. The molecule has 0 spiro atoms. The van der Waals surface area contributed by atoms with Gasteiger partial charge in [0.15, 0.2) is 0 Å². The summed E-state index contributed by atoms with van der Waals surface area (Å²) >= 11 is 1.86. The van der Waals surface area contributed by atoms with Crippen LogP contribution in [-0.4, -0.2) is 14.2 Å². The summed E-state index contributed by atoms with van der Waals surface area (Å²) in [4.78, 5) is 1.48. The van der Waals surface area contributed by atoms with E-state index in [-0.39, 0.29) is 4.90 Å². The Labute approximate surface area is 128 Å². The van der Waals surface area contributed by atoms with Crippen molar-refractivity contribution >= 4 is 21.8 Å². The van der Waals surface area contributed by atoms with E-state index in [4.69, 9.17) is 5.14 Å². The largest absolute Gasteiger partial charge is 0.305 e. The molecular weight excluding hydrogens is 304 g/mol. The van der Waals surface area contributed by atoms with Crippen molar-refractivity contribution in [2.24, 2.45) is 5.14 Å². The number of nitrogens with one attached hydrogen (secondary N) is 1. The number of hydrogen-bond donors (Lipinski definition) is 2. The number of sulfonamides is 1. The van der Waals surface area contributed by atoms with Crippen LogP contribution in [0.5, 0.6) is 0 Å². The lowest BCUT2D eigenvalue weighted by Gasteiger charge is -2.13. The molecule has 0 saturated carbocycles. The summed E-state index contributed by atoms with van der Waals surface area (Å²) in [6.45, 7) is 0.699. The SMILES string of the molecule is NS(=O)(=O)c1ccc(CNC2CSc3ccccc32)cc1. The van der Waals surface area contributed by atoms with Gasteiger partial charge >= 0.3 is 0 Å². The van der Waals surface area contributed by atoms with Gasteiger partial charge in [-0.15, -0.1) is 11.8 Å². The van der Waals surface area contributed by atoms with E-state index < -0.39 is 10.0 Å². The fraction of sp³-hybridized carbons (Fsp3) is 0.200. The van der Waals surface area contributed by atoms with Crippen molar-refractivity contribution in [3.8, 4) is 0 Å².